The number of pyridine rings is 6. The van der Waals surface area contributed by atoms with E-state index >= 15 is 13.2 Å². The maximum absolute atomic E-state index is 15.5. The van der Waals surface area contributed by atoms with Gasteiger partial charge in [-0.15, -0.1) is 0 Å². The average Bonchev–Trinajstić information content (AvgIpc) is 1.20. The lowest BCUT2D eigenvalue weighted by Gasteiger charge is -2.36. The van der Waals surface area contributed by atoms with E-state index in [1.807, 2.05) is 73.3 Å². The zero-order valence-electron chi connectivity index (χ0n) is 77.9. The van der Waals surface area contributed by atoms with Crippen LogP contribution in [0.4, 0.5) is 63.8 Å². The summed E-state index contributed by atoms with van der Waals surface area (Å²) in [5.74, 6) is 7.56. The Morgan fingerprint density at radius 1 is 0.301 bits per heavy atom. The molecule has 4 N–H and O–H groups in total. The van der Waals surface area contributed by atoms with Gasteiger partial charge in [-0.2, -0.15) is 0 Å². The summed E-state index contributed by atoms with van der Waals surface area (Å²) < 4.78 is 61.0. The highest BCUT2D eigenvalue weighted by molar-refractivity contribution is 6.36. The Kier molecular flexibility index (Phi) is 25.5. The first-order chi connectivity index (χ1) is 65.8. The summed E-state index contributed by atoms with van der Waals surface area (Å²) in [6.45, 7) is 20.5. The minimum Gasteiger partial charge on any atom is -0.391 e. The van der Waals surface area contributed by atoms with Crippen molar-refractivity contribution in [2.24, 2.45) is 0 Å². The van der Waals surface area contributed by atoms with Gasteiger partial charge in [0.05, 0.1) is 68.9 Å². The van der Waals surface area contributed by atoms with Gasteiger partial charge >= 0.3 is 0 Å². The van der Waals surface area contributed by atoms with E-state index < -0.39 is 22.7 Å². The number of aromatic nitrogens is 14. The van der Waals surface area contributed by atoms with Gasteiger partial charge in [-0.25, -0.2) is 67.4 Å². The number of hydrogen-bond acceptors (Lipinski definition) is 26. The number of halogens is 6. The van der Waals surface area contributed by atoms with Crippen molar-refractivity contribution in [2.75, 3.05) is 144 Å². The summed E-state index contributed by atoms with van der Waals surface area (Å²) in [6, 6.07) is 28.4. The second-order valence-electron chi connectivity index (χ2n) is 40.2. The van der Waals surface area contributed by atoms with Gasteiger partial charge in [-0.05, 0) is 252 Å². The van der Waals surface area contributed by atoms with Crippen molar-refractivity contribution in [3.63, 3.8) is 0 Å². The van der Waals surface area contributed by atoms with Crippen molar-refractivity contribution >= 4 is 113 Å². The highest BCUT2D eigenvalue weighted by atomic mass is 35.5. The van der Waals surface area contributed by atoms with E-state index in [0.29, 0.717) is 145 Å². The molecule has 4 aliphatic carbocycles. The third-order valence-electron chi connectivity index (χ3n) is 30.8. The highest BCUT2D eigenvalue weighted by Crippen LogP contribution is 2.53. The third-order valence-corrected chi connectivity index (χ3v) is 31.3. The number of nitrogens with zero attached hydrogens (tertiary/aromatic N) is 22. The van der Waals surface area contributed by atoms with Gasteiger partial charge in [0.1, 0.15) is 34.9 Å². The van der Waals surface area contributed by atoms with Crippen molar-refractivity contribution in [2.45, 2.75) is 240 Å². The Balaban J connectivity index is 0.000000108. The van der Waals surface area contributed by atoms with Crippen LogP contribution >= 0.6 is 23.2 Å². The Bertz CT molecular complexity index is 6420. The predicted molar refractivity (Wildman–Crippen MR) is 525 cm³/mol. The number of aliphatic hydroxyl groups excluding tert-OH is 4. The molecule has 12 aliphatic rings. The van der Waals surface area contributed by atoms with Crippen molar-refractivity contribution in [1.29, 1.82) is 0 Å². The Morgan fingerprint density at radius 3 is 0.824 bits per heavy atom. The van der Waals surface area contributed by atoms with E-state index in [1.165, 1.54) is 45.0 Å². The number of benzene rings is 2. The average molecular weight is 1890 g/mol. The monoisotopic (exact) mass is 1890 g/mol. The van der Waals surface area contributed by atoms with Crippen LogP contribution in [-0.2, 0) is 22.7 Å². The van der Waals surface area contributed by atoms with Crippen LogP contribution in [0.2, 0.25) is 10.0 Å². The number of fused-ring (bicyclic) bond motifs is 4. The quantitative estimate of drug-likeness (QED) is 0.0654. The van der Waals surface area contributed by atoms with E-state index in [0.717, 1.165) is 236 Å². The van der Waals surface area contributed by atoms with Gasteiger partial charge in [-0.1, -0.05) is 47.5 Å². The molecule has 8 saturated heterocycles. The van der Waals surface area contributed by atoms with Crippen molar-refractivity contribution in [1.82, 2.24) is 69.8 Å². The van der Waals surface area contributed by atoms with Crippen molar-refractivity contribution < 1.29 is 38.0 Å². The van der Waals surface area contributed by atoms with Crippen molar-refractivity contribution in [3.8, 4) is 0 Å². The molecule has 0 radical (unpaired) electrons. The van der Waals surface area contributed by atoms with Gasteiger partial charge < -0.3 is 59.6 Å². The second kappa shape index (κ2) is 37.9. The molecule has 4 atom stereocenters. The first-order valence-electron chi connectivity index (χ1n) is 49.4. The summed E-state index contributed by atoms with van der Waals surface area (Å²) in [5, 5.41) is 44.5. The molecule has 8 aliphatic heterocycles. The SMILES string of the molecule is Cc1cccnc1C1CCN(c2nc(C3(F)CC3)nc3c(Cl)cc(N4CC[C@@H](O)C4)cc23)CC1.Cc1cccnc1C1CCN(c2nc(C3(F)CC3)nc3cnc(N4CC[C@@H](O)C4)cc23)CC1.Cc1cccnc1C1CCN(c2nc(C3(F)CCC3)nc3c(Cl)cc(N4CC[C@@H](O)C4)cc23)CC1.Cc1cccnc1C1CCN(c2nc(C3(F)CCC3)nc3cnc(N4CC[C@@H](O)C4)cc23)CC1. The van der Waals surface area contributed by atoms with Gasteiger partial charge in [0.25, 0.3) is 0 Å². The van der Waals surface area contributed by atoms with Crippen LogP contribution in [0.1, 0.15) is 233 Å². The van der Waals surface area contributed by atoms with E-state index in [4.69, 9.17) is 43.1 Å². The fourth-order valence-electron chi connectivity index (χ4n) is 21.9. The molecule has 0 unspecified atom stereocenters. The number of alkyl halides is 4. The summed E-state index contributed by atoms with van der Waals surface area (Å²) in [6.07, 6.45) is 25.9. The van der Waals surface area contributed by atoms with Crippen LogP contribution in [0, 0.1) is 27.7 Å². The second-order valence-corrected chi connectivity index (χ2v) is 41.1. The predicted octanol–water partition coefficient (Wildman–Crippen LogP) is 17.9. The maximum Gasteiger partial charge on any atom is 0.170 e. The minimum atomic E-state index is -1.46. The number of anilines is 8. The minimum absolute atomic E-state index is 0.254. The van der Waals surface area contributed by atoms with Gasteiger partial charge in [-0.3, -0.25) is 19.9 Å². The number of β-amino-alcohol motifs (C(OH)–C–C–N with tert-alkyl or cyclic N) is 4. The van der Waals surface area contributed by atoms with E-state index in [1.54, 1.807) is 12.4 Å². The van der Waals surface area contributed by atoms with E-state index in [9.17, 15) is 24.8 Å². The molecule has 12 aromatic rings. The lowest BCUT2D eigenvalue weighted by Crippen LogP contribution is -2.36. The van der Waals surface area contributed by atoms with Crippen LogP contribution < -0.4 is 39.2 Å². The topological polar surface area (TPSA) is 287 Å². The van der Waals surface area contributed by atoms with Crippen molar-refractivity contribution in [3.05, 3.63) is 200 Å². The molecule has 136 heavy (non-hydrogen) atoms. The highest BCUT2D eigenvalue weighted by Gasteiger charge is 2.51. The number of aliphatic hydroxyl groups is 4. The number of rotatable bonds is 16. The number of hydrogen-bond donors (Lipinski definition) is 4. The molecule has 0 spiro atoms. The fourth-order valence-corrected chi connectivity index (χ4v) is 22.4. The lowest BCUT2D eigenvalue weighted by molar-refractivity contribution is 0.0510. The molecule has 18 heterocycles. The first kappa shape index (κ1) is 91.6. The zero-order valence-corrected chi connectivity index (χ0v) is 79.4. The molecule has 0 bridgehead atoms. The third kappa shape index (κ3) is 18.8. The van der Waals surface area contributed by atoms with E-state index in [-0.39, 0.29) is 36.1 Å². The molecule has 2 aromatic carbocycles. The molecule has 32 heteroatoms. The van der Waals surface area contributed by atoms with E-state index in [2.05, 4.69) is 153 Å². The van der Waals surface area contributed by atoms with Crippen LogP contribution in [0.25, 0.3) is 43.6 Å². The van der Waals surface area contributed by atoms with Crippen LogP contribution in [0.3, 0.4) is 0 Å². The molecule has 0 amide bonds. The standard InChI is InChI=1S/C27H31ClFN5O.C26H29ClFN5O.C26H31FN6O.C25H29FN6O/c1-17-4-2-10-30-23(17)18-5-11-33(12-6-18)25-21-14-19(34-13-7-20(35)16-34)15-22(28)24(21)31-26(32-25)27(29)8-3-9-27;1-16-3-2-9-29-22(16)17-4-10-32(11-5-17)24-20-13-18(33-12-6-19(34)15-33)14-21(27)23(20)30-25(31-24)26(28)7-8-26;1-17-4-2-10-28-23(17)18-5-11-32(12-6-18)24-20-14-22(33-13-7-19(34)16-33)29-15-21(20)30-25(31-24)26(27)8-3-9-26;1-16-3-2-9-27-22(16)17-4-10-31(11-5-17)23-19-13-21(32-12-6-18(33)15-32)28-14-20(19)29-24(30-23)25(26)7-8-25/h2,4,10,14-15,18,20,35H,3,5-9,11-13,16H2,1H3;2-3,9,13-14,17,19,34H,4-8,10-12,15H2,1H3;2,4,10,14-15,18-19,34H,3,5-9,11-13,16H2,1H3;2-3,9,13-14,17-18,33H,4-8,10-12,15H2,1H3/t20-;2*19-;18-/m1111/s1. The Hall–Kier alpha value is -10.8. The normalized spacial score (nSPS) is 22.7. The summed E-state index contributed by atoms with van der Waals surface area (Å²) >= 11 is 13.5. The van der Waals surface area contributed by atoms with Gasteiger partial charge in [0, 0.05) is 209 Å². The smallest absolute Gasteiger partial charge is 0.170 e. The maximum atomic E-state index is 15.5. The molecule has 10 aromatic heterocycles. The van der Waals surface area contributed by atoms with Gasteiger partial charge in [0.15, 0.2) is 46.0 Å². The largest absolute Gasteiger partial charge is 0.391 e. The Morgan fingerprint density at radius 2 is 0.566 bits per heavy atom. The zero-order chi connectivity index (χ0) is 93.5. The molecular weight excluding hydrogens is 1770 g/mol. The van der Waals surface area contributed by atoms with Crippen LogP contribution in [0.5, 0.6) is 0 Å². The lowest BCUT2D eigenvalue weighted by atomic mass is 9.81. The molecular formula is C104H120Cl2F4N22O4. The summed E-state index contributed by atoms with van der Waals surface area (Å²) in [5.41, 5.74) is 8.43. The first-order valence-corrected chi connectivity index (χ1v) is 50.1. The van der Waals surface area contributed by atoms with Crippen LogP contribution in [0.15, 0.2) is 122 Å². The molecule has 4 saturated carbocycles. The van der Waals surface area contributed by atoms with Crippen LogP contribution in [-0.4, -0.2) is 219 Å². The Labute approximate surface area is 800 Å². The summed E-state index contributed by atoms with van der Waals surface area (Å²) in [4.78, 5) is 83.1. The molecule has 712 valence electrons. The molecule has 24 rings (SSSR count). The number of piperidine rings is 4. The fraction of sp³-hybridized carbons (Fsp3) is 0.519. The number of aryl methyl sites for hydroxylation is 4. The molecule has 12 fully saturated rings. The summed E-state index contributed by atoms with van der Waals surface area (Å²) in [7, 11) is 0. The molecule has 26 nitrogen and oxygen atoms in total. The van der Waals surface area contributed by atoms with Gasteiger partial charge in [0.2, 0.25) is 0 Å².